The molecule has 0 radical (unpaired) electrons. The fourth-order valence-corrected chi connectivity index (χ4v) is 4.09. The molecule has 0 aliphatic carbocycles. The minimum Gasteiger partial charge on any atom is -0.298 e. The van der Waals surface area contributed by atoms with E-state index in [4.69, 9.17) is 0 Å². The lowest BCUT2D eigenvalue weighted by Gasteiger charge is -2.11. The number of sulfonamides is 1. The second-order valence-corrected chi connectivity index (χ2v) is 9.28. The standard InChI is InChI=1S/C18H16N4O5S2/c1-21(2)29(26,27)15-9-5-13(6-10-15)17(23)20-18-19-11-16(28-18)12-3-7-14(8-4-12)22(24)25/h3-11H,1-2H3,(H,19,20,23). The zero-order valence-corrected chi connectivity index (χ0v) is 17.0. The van der Waals surface area contributed by atoms with Crippen LogP contribution in [0.1, 0.15) is 10.4 Å². The van der Waals surface area contributed by atoms with Crippen LogP contribution in [0.25, 0.3) is 10.4 Å². The Balaban J connectivity index is 1.72. The lowest BCUT2D eigenvalue weighted by atomic mass is 10.2. The monoisotopic (exact) mass is 432 g/mol. The van der Waals surface area contributed by atoms with E-state index in [-0.39, 0.29) is 16.1 Å². The highest BCUT2D eigenvalue weighted by atomic mass is 32.2. The molecule has 150 valence electrons. The molecular weight excluding hydrogens is 416 g/mol. The molecule has 2 aromatic carbocycles. The van der Waals surface area contributed by atoms with Crippen molar-refractivity contribution in [3.63, 3.8) is 0 Å². The summed E-state index contributed by atoms with van der Waals surface area (Å²) in [5.41, 5.74) is 1.02. The highest BCUT2D eigenvalue weighted by Gasteiger charge is 2.18. The van der Waals surface area contributed by atoms with Crippen molar-refractivity contribution in [1.29, 1.82) is 0 Å². The largest absolute Gasteiger partial charge is 0.298 e. The molecule has 1 N–H and O–H groups in total. The van der Waals surface area contributed by atoms with Crippen LogP contribution in [0.5, 0.6) is 0 Å². The smallest absolute Gasteiger partial charge is 0.269 e. The van der Waals surface area contributed by atoms with Crippen molar-refractivity contribution in [1.82, 2.24) is 9.29 Å². The molecule has 11 heteroatoms. The Labute approximate surface area is 170 Å². The number of carbonyl (C=O) groups excluding carboxylic acids is 1. The van der Waals surface area contributed by atoms with Gasteiger partial charge in [0.2, 0.25) is 10.0 Å². The zero-order chi connectivity index (χ0) is 21.2. The van der Waals surface area contributed by atoms with Crippen LogP contribution in [0.2, 0.25) is 0 Å². The number of hydrogen-bond acceptors (Lipinski definition) is 7. The Morgan fingerprint density at radius 3 is 2.28 bits per heavy atom. The van der Waals surface area contributed by atoms with E-state index in [1.807, 2.05) is 0 Å². The van der Waals surface area contributed by atoms with Crippen LogP contribution in [-0.4, -0.2) is 42.6 Å². The van der Waals surface area contributed by atoms with Gasteiger partial charge in [0.25, 0.3) is 11.6 Å². The fraction of sp³-hybridized carbons (Fsp3) is 0.111. The molecular formula is C18H16N4O5S2. The molecule has 0 saturated carbocycles. The molecule has 0 bridgehead atoms. The first kappa shape index (κ1) is 20.6. The van der Waals surface area contributed by atoms with Crippen LogP contribution in [0.4, 0.5) is 10.8 Å². The lowest BCUT2D eigenvalue weighted by molar-refractivity contribution is -0.384. The third-order valence-corrected chi connectivity index (χ3v) is 6.78. The van der Waals surface area contributed by atoms with Gasteiger partial charge >= 0.3 is 0 Å². The average molecular weight is 432 g/mol. The first-order valence-electron chi connectivity index (χ1n) is 8.23. The van der Waals surface area contributed by atoms with E-state index in [1.165, 1.54) is 61.8 Å². The van der Waals surface area contributed by atoms with Crippen molar-refractivity contribution < 1.29 is 18.1 Å². The third-order valence-electron chi connectivity index (χ3n) is 3.98. The lowest BCUT2D eigenvalue weighted by Crippen LogP contribution is -2.22. The Morgan fingerprint density at radius 2 is 1.72 bits per heavy atom. The Bertz CT molecular complexity index is 1150. The second-order valence-electron chi connectivity index (χ2n) is 6.10. The van der Waals surface area contributed by atoms with Crippen molar-refractivity contribution in [2.24, 2.45) is 0 Å². The average Bonchev–Trinajstić information content (AvgIpc) is 3.16. The molecule has 0 fully saturated rings. The number of amides is 1. The maximum atomic E-state index is 12.4. The van der Waals surface area contributed by atoms with Gasteiger partial charge in [-0.2, -0.15) is 0 Å². The molecule has 1 heterocycles. The topological polar surface area (TPSA) is 123 Å². The van der Waals surface area contributed by atoms with E-state index in [9.17, 15) is 23.3 Å². The summed E-state index contributed by atoms with van der Waals surface area (Å²) in [6.07, 6.45) is 1.56. The summed E-state index contributed by atoms with van der Waals surface area (Å²) in [7, 11) is -0.702. The van der Waals surface area contributed by atoms with E-state index in [1.54, 1.807) is 18.3 Å². The van der Waals surface area contributed by atoms with Gasteiger partial charge in [-0.3, -0.25) is 20.2 Å². The number of anilines is 1. The molecule has 0 spiro atoms. The van der Waals surface area contributed by atoms with Crippen molar-refractivity contribution in [3.05, 3.63) is 70.4 Å². The molecule has 0 unspecified atom stereocenters. The number of benzene rings is 2. The number of nitro benzene ring substituents is 1. The van der Waals surface area contributed by atoms with E-state index >= 15 is 0 Å². The fourth-order valence-electron chi connectivity index (χ4n) is 2.37. The number of rotatable bonds is 6. The predicted octanol–water partition coefficient (Wildman–Crippen LogP) is 3.22. The van der Waals surface area contributed by atoms with Crippen molar-refractivity contribution >= 4 is 38.1 Å². The first-order chi connectivity index (χ1) is 13.7. The van der Waals surface area contributed by atoms with Crippen molar-refractivity contribution in [2.45, 2.75) is 4.90 Å². The van der Waals surface area contributed by atoms with Crippen LogP contribution in [0, 0.1) is 10.1 Å². The van der Waals surface area contributed by atoms with Gasteiger partial charge in [0.15, 0.2) is 5.13 Å². The molecule has 0 atom stereocenters. The van der Waals surface area contributed by atoms with E-state index < -0.39 is 20.9 Å². The summed E-state index contributed by atoms with van der Waals surface area (Å²) in [5.74, 6) is -0.427. The van der Waals surface area contributed by atoms with E-state index in [0.29, 0.717) is 5.13 Å². The Morgan fingerprint density at radius 1 is 1.10 bits per heavy atom. The van der Waals surface area contributed by atoms with Gasteiger partial charge in [0.05, 0.1) is 14.7 Å². The molecule has 3 aromatic rings. The molecule has 9 nitrogen and oxygen atoms in total. The van der Waals surface area contributed by atoms with Crippen molar-refractivity contribution in [2.75, 3.05) is 19.4 Å². The number of nitrogens with one attached hydrogen (secondary N) is 1. The summed E-state index contributed by atoms with van der Waals surface area (Å²) in [5, 5.41) is 13.7. The van der Waals surface area contributed by atoms with Crippen LogP contribution in [-0.2, 0) is 10.0 Å². The maximum absolute atomic E-state index is 12.4. The molecule has 3 rings (SSSR count). The number of thiazole rings is 1. The summed E-state index contributed by atoms with van der Waals surface area (Å²) in [6.45, 7) is 0. The van der Waals surface area contributed by atoms with Gasteiger partial charge in [0, 0.05) is 38.0 Å². The van der Waals surface area contributed by atoms with Gasteiger partial charge < -0.3 is 0 Å². The summed E-state index contributed by atoms with van der Waals surface area (Å²) in [4.78, 5) is 27.6. The molecule has 29 heavy (non-hydrogen) atoms. The predicted molar refractivity (Wildman–Crippen MR) is 109 cm³/mol. The summed E-state index contributed by atoms with van der Waals surface area (Å²) >= 11 is 1.22. The number of nitrogens with zero attached hydrogens (tertiary/aromatic N) is 3. The van der Waals surface area contributed by atoms with Crippen molar-refractivity contribution in [3.8, 4) is 10.4 Å². The maximum Gasteiger partial charge on any atom is 0.269 e. The highest BCUT2D eigenvalue weighted by molar-refractivity contribution is 7.89. The van der Waals surface area contributed by atoms with Gasteiger partial charge in [0.1, 0.15) is 0 Å². The number of nitro groups is 1. The Hall–Kier alpha value is -3.15. The zero-order valence-electron chi connectivity index (χ0n) is 15.4. The van der Waals surface area contributed by atoms with Crippen LogP contribution in [0.15, 0.2) is 59.6 Å². The van der Waals surface area contributed by atoms with Gasteiger partial charge in [-0.05, 0) is 42.0 Å². The first-order valence-corrected chi connectivity index (χ1v) is 10.5. The molecule has 1 amide bonds. The van der Waals surface area contributed by atoms with Crippen LogP contribution < -0.4 is 5.32 Å². The molecule has 0 saturated heterocycles. The van der Waals surface area contributed by atoms with E-state index in [0.717, 1.165) is 14.7 Å². The molecule has 0 aliphatic rings. The number of aromatic nitrogens is 1. The second kappa shape index (κ2) is 8.07. The van der Waals surface area contributed by atoms with Crippen LogP contribution >= 0.6 is 11.3 Å². The minimum absolute atomic E-state index is 0.00785. The minimum atomic E-state index is -3.56. The highest BCUT2D eigenvalue weighted by Crippen LogP contribution is 2.30. The SMILES string of the molecule is CN(C)S(=O)(=O)c1ccc(C(=O)Nc2ncc(-c3ccc([N+](=O)[O-])cc3)s2)cc1. The molecule has 1 aromatic heterocycles. The Kier molecular flexibility index (Phi) is 5.73. The van der Waals surface area contributed by atoms with Gasteiger partial charge in [-0.1, -0.05) is 11.3 Å². The van der Waals surface area contributed by atoms with Crippen LogP contribution in [0.3, 0.4) is 0 Å². The summed E-state index contributed by atoms with van der Waals surface area (Å²) < 4.78 is 25.3. The third kappa shape index (κ3) is 4.47. The normalized spacial score (nSPS) is 11.4. The van der Waals surface area contributed by atoms with E-state index in [2.05, 4.69) is 10.3 Å². The molecule has 0 aliphatic heterocycles. The van der Waals surface area contributed by atoms with Gasteiger partial charge in [-0.25, -0.2) is 17.7 Å². The quantitative estimate of drug-likeness (QED) is 0.471. The summed E-state index contributed by atoms with van der Waals surface area (Å²) in [6, 6.07) is 11.6. The number of hydrogen-bond donors (Lipinski definition) is 1. The van der Waals surface area contributed by atoms with Gasteiger partial charge in [-0.15, -0.1) is 0 Å². The number of non-ortho nitro benzene ring substituents is 1. The number of carbonyl (C=O) groups is 1.